The van der Waals surface area contributed by atoms with Gasteiger partial charge in [-0.25, -0.2) is 0 Å². The fourth-order valence-electron chi connectivity index (χ4n) is 4.10. The lowest BCUT2D eigenvalue weighted by molar-refractivity contribution is 0.205. The molecule has 1 nitrogen and oxygen atoms in total. The van der Waals surface area contributed by atoms with Gasteiger partial charge >= 0.3 is 0 Å². The molecule has 0 saturated carbocycles. The number of ether oxygens (including phenoxy) is 1. The van der Waals surface area contributed by atoms with E-state index in [1.165, 1.54) is 38.6 Å². The van der Waals surface area contributed by atoms with E-state index in [1.807, 2.05) is 0 Å². The van der Waals surface area contributed by atoms with Gasteiger partial charge in [0.15, 0.2) is 0 Å². The number of hydrogen-bond acceptors (Lipinski definition) is 1. The van der Waals surface area contributed by atoms with Crippen LogP contribution in [-0.2, 0) is 6.42 Å². The number of hydrogen-bond donors (Lipinski definition) is 0. The standard InChI is InChI=1S/C25H20O/c1-17-15-19-11-5-6-12-20(19)25-24(17)22-14-8-7-13-21(22)23(26-25)16-18-9-3-2-4-10-18/h2-15,23H,16H2,1H3. The average molecular weight is 336 g/mol. The molecule has 0 spiro atoms. The van der Waals surface area contributed by atoms with E-state index in [9.17, 15) is 0 Å². The lowest BCUT2D eigenvalue weighted by Crippen LogP contribution is -2.17. The van der Waals surface area contributed by atoms with Crippen molar-refractivity contribution in [1.82, 2.24) is 0 Å². The highest BCUT2D eigenvalue weighted by Gasteiger charge is 2.28. The van der Waals surface area contributed by atoms with E-state index < -0.39 is 0 Å². The molecule has 0 aromatic heterocycles. The molecule has 126 valence electrons. The summed E-state index contributed by atoms with van der Waals surface area (Å²) in [7, 11) is 0. The zero-order valence-electron chi connectivity index (χ0n) is 14.8. The van der Waals surface area contributed by atoms with E-state index in [2.05, 4.69) is 91.9 Å². The summed E-state index contributed by atoms with van der Waals surface area (Å²) in [4.78, 5) is 0. The van der Waals surface area contributed by atoms with E-state index in [0.29, 0.717) is 0 Å². The highest BCUT2D eigenvalue weighted by Crippen LogP contribution is 2.48. The second-order valence-corrected chi connectivity index (χ2v) is 7.00. The molecule has 0 saturated heterocycles. The molecule has 4 aromatic rings. The van der Waals surface area contributed by atoms with Crippen molar-refractivity contribution < 1.29 is 4.74 Å². The molecule has 1 heteroatoms. The van der Waals surface area contributed by atoms with Crippen LogP contribution in [0.4, 0.5) is 0 Å². The minimum Gasteiger partial charge on any atom is -0.484 e. The van der Waals surface area contributed by atoms with E-state index in [4.69, 9.17) is 4.74 Å². The summed E-state index contributed by atoms with van der Waals surface area (Å²) in [5.74, 6) is 1.03. The Morgan fingerprint density at radius 2 is 1.54 bits per heavy atom. The Kier molecular flexibility index (Phi) is 3.53. The smallest absolute Gasteiger partial charge is 0.136 e. The first kappa shape index (κ1) is 15.2. The van der Waals surface area contributed by atoms with Crippen LogP contribution in [0.15, 0.2) is 84.9 Å². The molecule has 0 N–H and O–H groups in total. The number of fused-ring (bicyclic) bond motifs is 5. The predicted molar refractivity (Wildman–Crippen MR) is 108 cm³/mol. The summed E-state index contributed by atoms with van der Waals surface area (Å²) < 4.78 is 6.66. The average Bonchev–Trinajstić information content (AvgIpc) is 2.69. The SMILES string of the molecule is Cc1cc2ccccc2c2c1-c1ccccc1C(Cc1ccccc1)O2. The number of benzene rings is 4. The first-order valence-electron chi connectivity index (χ1n) is 9.13. The van der Waals surface area contributed by atoms with Gasteiger partial charge in [-0.3, -0.25) is 0 Å². The van der Waals surface area contributed by atoms with Crippen LogP contribution in [-0.4, -0.2) is 0 Å². The molecule has 4 aromatic carbocycles. The molecule has 1 atom stereocenters. The van der Waals surface area contributed by atoms with Crippen molar-refractivity contribution in [2.75, 3.05) is 0 Å². The fourth-order valence-corrected chi connectivity index (χ4v) is 4.10. The van der Waals surface area contributed by atoms with Gasteiger partial charge in [0, 0.05) is 22.9 Å². The van der Waals surface area contributed by atoms with Gasteiger partial charge in [-0.2, -0.15) is 0 Å². The monoisotopic (exact) mass is 336 g/mol. The summed E-state index contributed by atoms with van der Waals surface area (Å²) in [6, 6.07) is 30.1. The predicted octanol–water partition coefficient (Wildman–Crippen LogP) is 6.49. The maximum Gasteiger partial charge on any atom is 0.136 e. The maximum atomic E-state index is 6.66. The van der Waals surface area contributed by atoms with Crippen molar-refractivity contribution in [1.29, 1.82) is 0 Å². The normalized spacial score (nSPS) is 15.2. The Bertz CT molecular complexity index is 1100. The van der Waals surface area contributed by atoms with E-state index in [1.54, 1.807) is 0 Å². The largest absolute Gasteiger partial charge is 0.484 e. The van der Waals surface area contributed by atoms with Crippen LogP contribution in [0.25, 0.3) is 21.9 Å². The molecule has 5 rings (SSSR count). The van der Waals surface area contributed by atoms with Crippen molar-refractivity contribution in [3.8, 4) is 16.9 Å². The molecule has 1 heterocycles. The molecule has 0 fully saturated rings. The van der Waals surface area contributed by atoms with Crippen molar-refractivity contribution in [3.63, 3.8) is 0 Å². The fraction of sp³-hybridized carbons (Fsp3) is 0.120. The van der Waals surface area contributed by atoms with Gasteiger partial charge in [-0.15, -0.1) is 0 Å². The van der Waals surface area contributed by atoms with Crippen LogP contribution in [0.2, 0.25) is 0 Å². The Hall–Kier alpha value is -3.06. The molecule has 1 unspecified atom stereocenters. The zero-order valence-corrected chi connectivity index (χ0v) is 14.8. The van der Waals surface area contributed by atoms with Crippen molar-refractivity contribution in [3.05, 3.63) is 102 Å². The zero-order chi connectivity index (χ0) is 17.5. The Labute approximate surface area is 153 Å². The van der Waals surface area contributed by atoms with Crippen LogP contribution in [0.5, 0.6) is 5.75 Å². The number of rotatable bonds is 2. The van der Waals surface area contributed by atoms with E-state index in [-0.39, 0.29) is 6.10 Å². The van der Waals surface area contributed by atoms with Crippen LogP contribution in [0, 0.1) is 6.92 Å². The molecular formula is C25H20O. The molecular weight excluding hydrogens is 316 g/mol. The first-order valence-corrected chi connectivity index (χ1v) is 9.13. The van der Waals surface area contributed by atoms with Gasteiger partial charge in [0.2, 0.25) is 0 Å². The topological polar surface area (TPSA) is 9.23 Å². The van der Waals surface area contributed by atoms with Gasteiger partial charge in [0.25, 0.3) is 0 Å². The molecule has 0 radical (unpaired) electrons. The van der Waals surface area contributed by atoms with Gasteiger partial charge in [-0.05, 0) is 29.0 Å². The quantitative estimate of drug-likeness (QED) is 0.406. The van der Waals surface area contributed by atoms with E-state index in [0.717, 1.165) is 12.2 Å². The summed E-state index contributed by atoms with van der Waals surface area (Å²) in [6.45, 7) is 2.18. The van der Waals surface area contributed by atoms with Crippen molar-refractivity contribution in [2.24, 2.45) is 0 Å². The van der Waals surface area contributed by atoms with E-state index >= 15 is 0 Å². The summed E-state index contributed by atoms with van der Waals surface area (Å²) in [5, 5.41) is 2.43. The van der Waals surface area contributed by atoms with Crippen LogP contribution >= 0.6 is 0 Å². The third kappa shape index (κ3) is 2.40. The van der Waals surface area contributed by atoms with Gasteiger partial charge in [0.05, 0.1) is 0 Å². The molecule has 1 aliphatic rings. The Morgan fingerprint density at radius 3 is 2.42 bits per heavy atom. The number of aryl methyl sites for hydroxylation is 1. The highest BCUT2D eigenvalue weighted by atomic mass is 16.5. The molecule has 26 heavy (non-hydrogen) atoms. The van der Waals surface area contributed by atoms with Crippen LogP contribution < -0.4 is 4.74 Å². The van der Waals surface area contributed by atoms with Crippen LogP contribution in [0.3, 0.4) is 0 Å². The van der Waals surface area contributed by atoms with Gasteiger partial charge in [-0.1, -0.05) is 84.9 Å². The van der Waals surface area contributed by atoms with Crippen LogP contribution in [0.1, 0.15) is 22.8 Å². The molecule has 0 aliphatic carbocycles. The minimum atomic E-state index is 0.0336. The van der Waals surface area contributed by atoms with Crippen molar-refractivity contribution >= 4 is 10.8 Å². The van der Waals surface area contributed by atoms with Gasteiger partial charge in [0.1, 0.15) is 11.9 Å². The molecule has 0 bridgehead atoms. The van der Waals surface area contributed by atoms with Crippen molar-refractivity contribution in [2.45, 2.75) is 19.4 Å². The lowest BCUT2D eigenvalue weighted by atomic mass is 9.86. The summed E-state index contributed by atoms with van der Waals surface area (Å²) >= 11 is 0. The first-order chi connectivity index (χ1) is 12.8. The second kappa shape index (κ2) is 6.03. The Morgan fingerprint density at radius 1 is 0.808 bits per heavy atom. The molecule has 1 aliphatic heterocycles. The third-order valence-electron chi connectivity index (χ3n) is 5.30. The minimum absolute atomic E-state index is 0.0336. The van der Waals surface area contributed by atoms with Gasteiger partial charge < -0.3 is 4.74 Å². The highest BCUT2D eigenvalue weighted by molar-refractivity contribution is 5.98. The summed E-state index contributed by atoms with van der Waals surface area (Å²) in [5.41, 5.74) is 6.39. The third-order valence-corrected chi connectivity index (χ3v) is 5.30. The summed E-state index contributed by atoms with van der Waals surface area (Å²) in [6.07, 6.45) is 0.908. The lowest BCUT2D eigenvalue weighted by Gasteiger charge is -2.31. The Balaban J connectivity index is 1.72. The molecule has 0 amide bonds. The maximum absolute atomic E-state index is 6.66. The second-order valence-electron chi connectivity index (χ2n) is 7.00.